The lowest BCUT2D eigenvalue weighted by molar-refractivity contribution is -0.384. The van der Waals surface area contributed by atoms with E-state index in [1.807, 2.05) is 6.07 Å². The predicted molar refractivity (Wildman–Crippen MR) is 84.0 cm³/mol. The number of nitro groups is 1. The average Bonchev–Trinajstić information content (AvgIpc) is 2.90. The van der Waals surface area contributed by atoms with Crippen LogP contribution in [0.1, 0.15) is 15.9 Å². The van der Waals surface area contributed by atoms with Gasteiger partial charge in [0.15, 0.2) is 5.56 Å². The first-order chi connectivity index (χ1) is 10.9. The summed E-state index contributed by atoms with van der Waals surface area (Å²) in [4.78, 5) is 22.6. The Morgan fingerprint density at radius 1 is 1.43 bits per heavy atom. The Balaban J connectivity index is 2.72. The summed E-state index contributed by atoms with van der Waals surface area (Å²) in [5.74, 6) is -0.548. The van der Waals surface area contributed by atoms with Crippen LogP contribution >= 0.6 is 22.9 Å². The Bertz CT molecular complexity index is 840. The number of hydrogen-bond donors (Lipinski definition) is 0. The van der Waals surface area contributed by atoms with Gasteiger partial charge < -0.3 is 9.47 Å². The second kappa shape index (κ2) is 6.64. The molecule has 0 saturated carbocycles. The largest absolute Gasteiger partial charge is 0.495 e. The first kappa shape index (κ1) is 16.7. The van der Waals surface area contributed by atoms with Crippen molar-refractivity contribution in [2.24, 2.45) is 0 Å². The third-order valence-corrected chi connectivity index (χ3v) is 4.43. The van der Waals surface area contributed by atoms with Crippen molar-refractivity contribution < 1.29 is 19.2 Å². The number of halogens is 1. The van der Waals surface area contributed by atoms with Gasteiger partial charge in [-0.1, -0.05) is 11.6 Å². The van der Waals surface area contributed by atoms with Gasteiger partial charge in [-0.25, -0.2) is 4.79 Å². The highest BCUT2D eigenvalue weighted by Crippen LogP contribution is 2.45. The fourth-order valence-electron chi connectivity index (χ4n) is 1.98. The van der Waals surface area contributed by atoms with Crippen molar-refractivity contribution >= 4 is 34.6 Å². The van der Waals surface area contributed by atoms with Crippen LogP contribution in [0.15, 0.2) is 18.2 Å². The molecule has 0 aliphatic heterocycles. The van der Waals surface area contributed by atoms with Gasteiger partial charge in [-0.3, -0.25) is 10.1 Å². The summed E-state index contributed by atoms with van der Waals surface area (Å²) in [6, 6.07) is 6.45. The van der Waals surface area contributed by atoms with Crippen LogP contribution in [0.25, 0.3) is 10.4 Å². The number of ether oxygens (including phenoxy) is 2. The van der Waals surface area contributed by atoms with Crippen molar-refractivity contribution in [3.63, 3.8) is 0 Å². The van der Waals surface area contributed by atoms with Gasteiger partial charge in [0, 0.05) is 5.56 Å². The number of thiophene rings is 1. The maximum Gasteiger partial charge on any atom is 0.347 e. The molecular weight excluding hydrogens is 344 g/mol. The second-order valence-electron chi connectivity index (χ2n) is 4.20. The molecule has 23 heavy (non-hydrogen) atoms. The van der Waals surface area contributed by atoms with Gasteiger partial charge in [0.2, 0.25) is 0 Å². The van der Waals surface area contributed by atoms with E-state index in [1.165, 1.54) is 19.2 Å². The van der Waals surface area contributed by atoms with Crippen LogP contribution in [0.5, 0.6) is 5.75 Å². The van der Waals surface area contributed by atoms with Crippen LogP contribution in [0.3, 0.4) is 0 Å². The van der Waals surface area contributed by atoms with E-state index in [-0.39, 0.29) is 20.3 Å². The SMILES string of the molecule is COC(=O)c1c(Cl)sc(-c2ccc(OC)c(C#N)c2)c1[N+](=O)[O-]. The molecular formula is C14H9ClN2O5S. The van der Waals surface area contributed by atoms with Gasteiger partial charge in [-0.2, -0.15) is 5.26 Å². The molecule has 7 nitrogen and oxygen atoms in total. The van der Waals surface area contributed by atoms with Crippen molar-refractivity contribution in [1.29, 1.82) is 5.26 Å². The molecule has 1 heterocycles. The molecule has 0 atom stereocenters. The van der Waals surface area contributed by atoms with Crippen LogP contribution in [-0.2, 0) is 4.74 Å². The van der Waals surface area contributed by atoms with Gasteiger partial charge >= 0.3 is 11.7 Å². The maximum absolute atomic E-state index is 11.8. The van der Waals surface area contributed by atoms with Crippen molar-refractivity contribution in [3.8, 4) is 22.3 Å². The highest BCUT2D eigenvalue weighted by atomic mass is 35.5. The Morgan fingerprint density at radius 3 is 2.65 bits per heavy atom. The van der Waals surface area contributed by atoms with E-state index in [1.54, 1.807) is 6.07 Å². The van der Waals surface area contributed by atoms with E-state index in [9.17, 15) is 14.9 Å². The Labute approximate surface area is 139 Å². The summed E-state index contributed by atoms with van der Waals surface area (Å²) in [5.41, 5.74) is -0.144. The minimum Gasteiger partial charge on any atom is -0.495 e. The van der Waals surface area contributed by atoms with Crippen LogP contribution in [-0.4, -0.2) is 25.1 Å². The quantitative estimate of drug-likeness (QED) is 0.472. The highest BCUT2D eigenvalue weighted by Gasteiger charge is 2.33. The Hall–Kier alpha value is -2.63. The third kappa shape index (κ3) is 2.97. The summed E-state index contributed by atoms with van der Waals surface area (Å²) < 4.78 is 9.53. The van der Waals surface area contributed by atoms with Crippen LogP contribution in [0.2, 0.25) is 4.34 Å². The zero-order valence-corrected chi connectivity index (χ0v) is 13.5. The molecule has 0 N–H and O–H groups in total. The molecule has 0 aliphatic rings. The molecule has 1 aromatic heterocycles. The van der Waals surface area contributed by atoms with Crippen LogP contribution < -0.4 is 4.74 Å². The lowest BCUT2D eigenvalue weighted by Gasteiger charge is -2.04. The lowest BCUT2D eigenvalue weighted by atomic mass is 10.1. The van der Waals surface area contributed by atoms with Gasteiger partial charge in [0.25, 0.3) is 0 Å². The Kier molecular flexibility index (Phi) is 4.83. The van der Waals surface area contributed by atoms with Crippen molar-refractivity contribution in [2.75, 3.05) is 14.2 Å². The summed E-state index contributed by atoms with van der Waals surface area (Å²) >= 11 is 6.84. The van der Waals surface area contributed by atoms with Gasteiger partial charge in [-0.05, 0) is 18.2 Å². The number of hydrogen-bond acceptors (Lipinski definition) is 7. The summed E-state index contributed by atoms with van der Waals surface area (Å²) in [6.45, 7) is 0. The van der Waals surface area contributed by atoms with E-state index in [2.05, 4.69) is 4.74 Å². The smallest absolute Gasteiger partial charge is 0.347 e. The first-order valence-electron chi connectivity index (χ1n) is 6.08. The predicted octanol–water partition coefficient (Wildman–Crippen LogP) is 3.64. The average molecular weight is 353 g/mol. The topological polar surface area (TPSA) is 102 Å². The van der Waals surface area contributed by atoms with Crippen molar-refractivity contribution in [2.45, 2.75) is 0 Å². The number of esters is 1. The molecule has 0 amide bonds. The zero-order valence-electron chi connectivity index (χ0n) is 12.0. The summed E-state index contributed by atoms with van der Waals surface area (Å²) in [7, 11) is 2.52. The van der Waals surface area contributed by atoms with E-state index in [4.69, 9.17) is 21.6 Å². The number of nitriles is 1. The molecule has 0 unspecified atom stereocenters. The monoisotopic (exact) mass is 352 g/mol. The molecule has 2 rings (SSSR count). The van der Waals surface area contributed by atoms with E-state index in [0.29, 0.717) is 11.3 Å². The summed E-state index contributed by atoms with van der Waals surface area (Å²) in [6.07, 6.45) is 0. The van der Waals surface area contributed by atoms with Gasteiger partial charge in [0.1, 0.15) is 21.0 Å². The molecule has 0 saturated heterocycles. The fourth-order valence-corrected chi connectivity index (χ4v) is 3.36. The molecule has 2 aromatic rings. The minimum absolute atomic E-state index is 0.0483. The number of carbonyl (C=O) groups is 1. The standard InChI is InChI=1S/C14H9ClN2O5S/c1-21-9-4-3-7(5-8(9)6-16)12-11(17(19)20)10(13(15)23-12)14(18)22-2/h3-5H,1-2H3. The highest BCUT2D eigenvalue weighted by molar-refractivity contribution is 7.20. The summed E-state index contributed by atoms with van der Waals surface area (Å²) in [5, 5.41) is 20.5. The second-order valence-corrected chi connectivity index (χ2v) is 5.83. The molecule has 0 radical (unpaired) electrons. The number of methoxy groups -OCH3 is 2. The van der Waals surface area contributed by atoms with Crippen molar-refractivity contribution in [3.05, 3.63) is 43.8 Å². The van der Waals surface area contributed by atoms with Crippen LogP contribution in [0, 0.1) is 21.4 Å². The molecule has 0 bridgehead atoms. The molecule has 0 spiro atoms. The number of carbonyl (C=O) groups excluding carboxylic acids is 1. The first-order valence-corrected chi connectivity index (χ1v) is 7.27. The molecule has 0 fully saturated rings. The normalized spacial score (nSPS) is 10.0. The van der Waals surface area contributed by atoms with E-state index < -0.39 is 16.6 Å². The molecule has 118 valence electrons. The lowest BCUT2D eigenvalue weighted by Crippen LogP contribution is -2.04. The van der Waals surface area contributed by atoms with Crippen molar-refractivity contribution in [1.82, 2.24) is 0 Å². The van der Waals surface area contributed by atoms with Gasteiger partial charge in [0.05, 0.1) is 24.7 Å². The number of nitrogens with zero attached hydrogens (tertiary/aromatic N) is 2. The fraction of sp³-hybridized carbons (Fsp3) is 0.143. The number of benzene rings is 1. The van der Waals surface area contributed by atoms with Gasteiger partial charge in [-0.15, -0.1) is 11.3 Å². The van der Waals surface area contributed by atoms with Crippen LogP contribution in [0.4, 0.5) is 5.69 Å². The molecule has 9 heteroatoms. The molecule has 0 aliphatic carbocycles. The maximum atomic E-state index is 11.8. The molecule has 1 aromatic carbocycles. The van der Waals surface area contributed by atoms with E-state index in [0.717, 1.165) is 18.4 Å². The Morgan fingerprint density at radius 2 is 2.13 bits per heavy atom. The zero-order chi connectivity index (χ0) is 17.1. The van der Waals surface area contributed by atoms with E-state index >= 15 is 0 Å². The third-order valence-electron chi connectivity index (χ3n) is 2.99. The number of rotatable bonds is 4. The minimum atomic E-state index is -0.891.